The van der Waals surface area contributed by atoms with Crippen molar-refractivity contribution < 1.29 is 4.79 Å². The molecule has 28 heavy (non-hydrogen) atoms. The van der Waals surface area contributed by atoms with Gasteiger partial charge >= 0.3 is 0 Å². The number of hydrogen-bond acceptors (Lipinski definition) is 1. The number of carbonyl (C=O) groups is 1. The van der Waals surface area contributed by atoms with E-state index in [2.05, 4.69) is 40.7 Å². The summed E-state index contributed by atoms with van der Waals surface area (Å²) in [4.78, 5) is 12.0. The first-order chi connectivity index (χ1) is 13.3. The fraction of sp³-hybridized carbons (Fsp3) is 0.889. The molecule has 0 N–H and O–H groups in total. The molecule has 7 atom stereocenters. The average Bonchev–Trinajstić information content (AvgIpc) is 2.99. The lowest BCUT2D eigenvalue weighted by atomic mass is 9.46. The topological polar surface area (TPSA) is 17.1 Å². The highest BCUT2D eigenvalue weighted by atomic mass is 16.1. The first-order valence-corrected chi connectivity index (χ1v) is 12.5. The summed E-state index contributed by atoms with van der Waals surface area (Å²) in [5.41, 5.74) is 2.43. The highest BCUT2D eigenvalue weighted by molar-refractivity contribution is 5.91. The fourth-order valence-electron chi connectivity index (χ4n) is 8.58. The molecule has 158 valence electrons. The molecule has 0 radical (unpaired) electrons. The lowest BCUT2D eigenvalue weighted by Gasteiger charge is -2.58. The second kappa shape index (κ2) is 7.59. The van der Waals surface area contributed by atoms with E-state index >= 15 is 0 Å². The Hall–Kier alpha value is -0.590. The Morgan fingerprint density at radius 3 is 2.50 bits per heavy atom. The summed E-state index contributed by atoms with van der Waals surface area (Å²) in [6.07, 6.45) is 16.6. The molecule has 0 bridgehead atoms. The van der Waals surface area contributed by atoms with Gasteiger partial charge in [-0.25, -0.2) is 0 Å². The first kappa shape index (κ1) is 20.7. The van der Waals surface area contributed by atoms with E-state index in [9.17, 15) is 4.79 Å². The first-order valence-electron chi connectivity index (χ1n) is 12.5. The Morgan fingerprint density at radius 2 is 1.75 bits per heavy atom. The van der Waals surface area contributed by atoms with Crippen molar-refractivity contribution in [3.63, 3.8) is 0 Å². The second-order valence-corrected chi connectivity index (χ2v) is 12.0. The fourth-order valence-corrected chi connectivity index (χ4v) is 8.58. The van der Waals surface area contributed by atoms with E-state index in [1.807, 2.05) is 0 Å². The number of carbonyl (C=O) groups excluding carboxylic acids is 1. The average molecular weight is 385 g/mol. The SMILES string of the molecule is CC(C)CCC[C@@H](C)C1CCC2C3CCC4=CC(=O)CCC4(C)C3CCC21C. The zero-order chi connectivity index (χ0) is 20.1. The third-order valence-electron chi connectivity index (χ3n) is 10.2. The zero-order valence-electron chi connectivity index (χ0n) is 19.2. The van der Waals surface area contributed by atoms with Crippen molar-refractivity contribution >= 4 is 5.78 Å². The molecule has 4 aliphatic rings. The molecule has 1 heteroatoms. The number of hydrogen-bond donors (Lipinski definition) is 0. The predicted octanol–water partition coefficient (Wildman–Crippen LogP) is 7.60. The van der Waals surface area contributed by atoms with Crippen molar-refractivity contribution in [1.29, 1.82) is 0 Å². The van der Waals surface area contributed by atoms with Gasteiger partial charge in [-0.15, -0.1) is 0 Å². The van der Waals surface area contributed by atoms with Crippen molar-refractivity contribution in [2.45, 2.75) is 105 Å². The van der Waals surface area contributed by atoms with Gasteiger partial charge in [-0.2, -0.15) is 0 Å². The Labute approximate surface area is 174 Å². The maximum Gasteiger partial charge on any atom is 0.155 e. The van der Waals surface area contributed by atoms with Crippen molar-refractivity contribution in [2.24, 2.45) is 46.3 Å². The van der Waals surface area contributed by atoms with Crippen LogP contribution in [-0.4, -0.2) is 5.78 Å². The molecular formula is C27H44O. The Kier molecular flexibility index (Phi) is 5.60. The van der Waals surface area contributed by atoms with Crippen LogP contribution in [0.4, 0.5) is 0 Å². The Balaban J connectivity index is 1.49. The van der Waals surface area contributed by atoms with E-state index in [0.717, 1.165) is 48.3 Å². The van der Waals surface area contributed by atoms with Crippen molar-refractivity contribution in [3.05, 3.63) is 11.6 Å². The Morgan fingerprint density at radius 1 is 0.964 bits per heavy atom. The Bertz CT molecular complexity index is 630. The van der Waals surface area contributed by atoms with Crippen LogP contribution in [0.1, 0.15) is 105 Å². The maximum atomic E-state index is 12.0. The van der Waals surface area contributed by atoms with Gasteiger partial charge in [0.05, 0.1) is 0 Å². The number of ketones is 1. The van der Waals surface area contributed by atoms with E-state index in [-0.39, 0.29) is 0 Å². The van der Waals surface area contributed by atoms with Crippen molar-refractivity contribution in [3.8, 4) is 0 Å². The van der Waals surface area contributed by atoms with Crippen LogP contribution in [0.3, 0.4) is 0 Å². The van der Waals surface area contributed by atoms with Gasteiger partial charge < -0.3 is 0 Å². The predicted molar refractivity (Wildman–Crippen MR) is 118 cm³/mol. The van der Waals surface area contributed by atoms with Crippen LogP contribution in [0, 0.1) is 46.3 Å². The summed E-state index contributed by atoms with van der Waals surface area (Å²) in [7, 11) is 0. The number of allylic oxidation sites excluding steroid dienone is 1. The van der Waals surface area contributed by atoms with Crippen LogP contribution >= 0.6 is 0 Å². The zero-order valence-corrected chi connectivity index (χ0v) is 19.2. The van der Waals surface area contributed by atoms with Gasteiger partial charge in [0.15, 0.2) is 5.78 Å². The molecule has 0 aromatic rings. The highest BCUT2D eigenvalue weighted by Gasteiger charge is 2.59. The summed E-state index contributed by atoms with van der Waals surface area (Å²) >= 11 is 0. The molecule has 4 aliphatic carbocycles. The normalized spacial score (nSPS) is 43.9. The summed E-state index contributed by atoms with van der Waals surface area (Å²) in [5.74, 6) is 5.79. The monoisotopic (exact) mass is 384 g/mol. The third kappa shape index (κ3) is 3.33. The van der Waals surface area contributed by atoms with Gasteiger partial charge in [0.25, 0.3) is 0 Å². The van der Waals surface area contributed by atoms with Crippen LogP contribution in [0.5, 0.6) is 0 Å². The summed E-state index contributed by atoms with van der Waals surface area (Å²) in [5, 5.41) is 0. The minimum absolute atomic E-state index is 0.332. The molecule has 3 saturated carbocycles. The minimum atomic E-state index is 0.332. The van der Waals surface area contributed by atoms with Crippen LogP contribution in [0.2, 0.25) is 0 Å². The molecule has 6 unspecified atom stereocenters. The van der Waals surface area contributed by atoms with E-state index in [1.54, 1.807) is 0 Å². The molecule has 0 aromatic carbocycles. The molecule has 0 aliphatic heterocycles. The van der Waals surface area contributed by atoms with Gasteiger partial charge in [-0.05, 0) is 97.4 Å². The third-order valence-corrected chi connectivity index (χ3v) is 10.2. The van der Waals surface area contributed by atoms with Gasteiger partial charge in [0, 0.05) is 6.42 Å². The highest BCUT2D eigenvalue weighted by Crippen LogP contribution is 2.67. The summed E-state index contributed by atoms with van der Waals surface area (Å²) in [6.45, 7) is 12.5. The van der Waals surface area contributed by atoms with E-state index in [1.165, 1.54) is 63.4 Å². The van der Waals surface area contributed by atoms with Crippen LogP contribution < -0.4 is 0 Å². The minimum Gasteiger partial charge on any atom is -0.295 e. The van der Waals surface area contributed by atoms with E-state index in [4.69, 9.17) is 0 Å². The largest absolute Gasteiger partial charge is 0.295 e. The van der Waals surface area contributed by atoms with Crippen molar-refractivity contribution in [1.82, 2.24) is 0 Å². The number of fused-ring (bicyclic) bond motifs is 5. The van der Waals surface area contributed by atoms with E-state index < -0.39 is 0 Å². The molecule has 4 rings (SSSR count). The lowest BCUT2D eigenvalue weighted by Crippen LogP contribution is -2.50. The smallest absolute Gasteiger partial charge is 0.155 e. The standard InChI is InChI=1S/C27H44O/c1-18(2)7-6-8-19(3)23-11-12-24-22-10-9-20-17-21(28)13-15-26(20,4)25(22)14-16-27(23,24)5/h17-19,22-25H,6-16H2,1-5H3/t19-,22?,23?,24?,25?,26?,27?/m1/s1. The summed E-state index contributed by atoms with van der Waals surface area (Å²) in [6, 6.07) is 0. The molecule has 3 fully saturated rings. The van der Waals surface area contributed by atoms with Crippen LogP contribution in [0.15, 0.2) is 11.6 Å². The summed E-state index contributed by atoms with van der Waals surface area (Å²) < 4.78 is 0. The second-order valence-electron chi connectivity index (χ2n) is 12.0. The molecule has 0 spiro atoms. The van der Waals surface area contributed by atoms with Gasteiger partial charge in [0.1, 0.15) is 0 Å². The van der Waals surface area contributed by atoms with Gasteiger partial charge in [0.2, 0.25) is 0 Å². The van der Waals surface area contributed by atoms with Crippen LogP contribution in [0.25, 0.3) is 0 Å². The molecule has 0 saturated heterocycles. The van der Waals surface area contributed by atoms with E-state index in [0.29, 0.717) is 16.6 Å². The molecule has 0 amide bonds. The molecular weight excluding hydrogens is 340 g/mol. The quantitative estimate of drug-likeness (QED) is 0.477. The van der Waals surface area contributed by atoms with Crippen LogP contribution in [-0.2, 0) is 4.79 Å². The maximum absolute atomic E-state index is 12.0. The molecule has 1 nitrogen and oxygen atoms in total. The number of rotatable bonds is 5. The molecule has 0 heterocycles. The lowest BCUT2D eigenvalue weighted by molar-refractivity contribution is -0.117. The molecule has 0 aromatic heterocycles. The van der Waals surface area contributed by atoms with Gasteiger partial charge in [-0.3, -0.25) is 4.79 Å². The van der Waals surface area contributed by atoms with Crippen molar-refractivity contribution in [2.75, 3.05) is 0 Å². The van der Waals surface area contributed by atoms with Gasteiger partial charge in [-0.1, -0.05) is 59.5 Å².